The van der Waals surface area contributed by atoms with Crippen LogP contribution < -0.4 is 0 Å². The highest BCUT2D eigenvalue weighted by Crippen LogP contribution is 2.52. The van der Waals surface area contributed by atoms with Crippen molar-refractivity contribution < 1.29 is 23.6 Å². The Kier molecular flexibility index (Phi) is 7.20. The predicted octanol–water partition coefficient (Wildman–Crippen LogP) is 5.40. The number of ether oxygens (including phenoxy) is 2. The number of amides is 2. The number of carbonyl (C=O) groups excluding carboxylic acids is 2. The molecule has 2 saturated carbocycles. The van der Waals surface area contributed by atoms with Gasteiger partial charge in [0.15, 0.2) is 5.82 Å². The third-order valence-electron chi connectivity index (χ3n) is 7.68. The van der Waals surface area contributed by atoms with Crippen molar-refractivity contribution in [1.82, 2.24) is 19.9 Å². The summed E-state index contributed by atoms with van der Waals surface area (Å²) in [4.78, 5) is 33.9. The summed E-state index contributed by atoms with van der Waals surface area (Å²) in [7, 11) is 0. The van der Waals surface area contributed by atoms with Crippen LogP contribution in [0.5, 0.6) is 0 Å². The Hall–Kier alpha value is -3.36. The fraction of sp³-hybridized carbons (Fsp3) is 0.586. The van der Waals surface area contributed by atoms with E-state index >= 15 is 0 Å². The first-order chi connectivity index (χ1) is 18.2. The molecule has 3 aliphatic rings. The zero-order valence-electron chi connectivity index (χ0n) is 22.6. The van der Waals surface area contributed by atoms with E-state index in [1.54, 1.807) is 11.0 Å². The molecule has 2 amide bonds. The highest BCUT2D eigenvalue weighted by Gasteiger charge is 2.55. The Morgan fingerprint density at radius 2 is 1.92 bits per heavy atom. The molecule has 2 atom stereocenters. The number of nitrogens with zero attached hydrogens (tertiary/aromatic N) is 4. The molecule has 3 fully saturated rings. The molecule has 5 rings (SSSR count). The first-order valence-electron chi connectivity index (χ1n) is 13.6. The van der Waals surface area contributed by atoms with Crippen molar-refractivity contribution in [2.45, 2.75) is 81.8 Å². The van der Waals surface area contributed by atoms with Crippen LogP contribution in [-0.4, -0.2) is 70.0 Å². The van der Waals surface area contributed by atoms with Crippen LogP contribution in [0, 0.1) is 0 Å². The smallest absolute Gasteiger partial charge is 0.410 e. The number of aromatic nitrogens is 2. The van der Waals surface area contributed by atoms with Gasteiger partial charge in [-0.2, -0.15) is 4.98 Å². The number of likely N-dealkylation sites (tertiary alicyclic amines) is 1. The number of rotatable bonds is 8. The maximum absolute atomic E-state index is 13.1. The maximum Gasteiger partial charge on any atom is 0.410 e. The Morgan fingerprint density at radius 1 is 1.21 bits per heavy atom. The minimum atomic E-state index is -0.512. The third kappa shape index (κ3) is 5.87. The van der Waals surface area contributed by atoms with Crippen molar-refractivity contribution in [2.24, 2.45) is 0 Å². The van der Waals surface area contributed by atoms with Gasteiger partial charge in [0.25, 0.3) is 0 Å². The predicted molar refractivity (Wildman–Crippen MR) is 141 cm³/mol. The Balaban J connectivity index is 1.23. The molecule has 2 heterocycles. The molecule has 1 aliphatic heterocycles. The second kappa shape index (κ2) is 10.4. The van der Waals surface area contributed by atoms with E-state index in [4.69, 9.17) is 19.0 Å². The van der Waals surface area contributed by atoms with Crippen LogP contribution in [-0.2, 0) is 14.9 Å². The van der Waals surface area contributed by atoms with Crippen molar-refractivity contribution in [3.05, 3.63) is 60.3 Å². The quantitative estimate of drug-likeness (QED) is 0.428. The summed E-state index contributed by atoms with van der Waals surface area (Å²) >= 11 is 0. The Labute approximate surface area is 224 Å². The van der Waals surface area contributed by atoms with Crippen molar-refractivity contribution in [3.8, 4) is 0 Å². The topological polar surface area (TPSA) is 98.0 Å². The first-order valence-corrected chi connectivity index (χ1v) is 13.6. The van der Waals surface area contributed by atoms with Gasteiger partial charge in [-0.15, -0.1) is 0 Å². The number of hydrogen-bond donors (Lipinski definition) is 0. The van der Waals surface area contributed by atoms with Gasteiger partial charge in [0.2, 0.25) is 5.89 Å². The van der Waals surface area contributed by atoms with E-state index in [-0.39, 0.29) is 36.2 Å². The van der Waals surface area contributed by atoms with Gasteiger partial charge in [-0.3, -0.25) is 0 Å². The third-order valence-corrected chi connectivity index (χ3v) is 7.68. The minimum absolute atomic E-state index is 0.0933. The van der Waals surface area contributed by atoms with Crippen molar-refractivity contribution in [2.75, 3.05) is 26.2 Å². The second-order valence-corrected chi connectivity index (χ2v) is 11.8. The monoisotopic (exact) mass is 522 g/mol. The molecule has 0 N–H and O–H groups in total. The van der Waals surface area contributed by atoms with Gasteiger partial charge < -0.3 is 23.8 Å². The Morgan fingerprint density at radius 3 is 2.55 bits per heavy atom. The Bertz CT molecular complexity index is 1150. The lowest BCUT2D eigenvalue weighted by Crippen LogP contribution is -2.41. The molecular weight excluding hydrogens is 484 g/mol. The van der Waals surface area contributed by atoms with Gasteiger partial charge in [-0.1, -0.05) is 48.1 Å². The van der Waals surface area contributed by atoms with Crippen LogP contribution in [0.25, 0.3) is 0 Å². The fourth-order valence-electron chi connectivity index (χ4n) is 5.30. The van der Waals surface area contributed by atoms with E-state index in [0.29, 0.717) is 37.3 Å². The molecule has 38 heavy (non-hydrogen) atoms. The van der Waals surface area contributed by atoms with Gasteiger partial charge in [0.1, 0.15) is 12.2 Å². The molecule has 204 valence electrons. The lowest BCUT2D eigenvalue weighted by Gasteiger charge is -2.32. The molecule has 2 aromatic rings. The van der Waals surface area contributed by atoms with Crippen LogP contribution in [0.1, 0.15) is 82.0 Å². The highest BCUT2D eigenvalue weighted by molar-refractivity contribution is 5.69. The van der Waals surface area contributed by atoms with Crippen molar-refractivity contribution in [3.63, 3.8) is 0 Å². The molecule has 9 heteroatoms. The van der Waals surface area contributed by atoms with Crippen LogP contribution in [0.15, 0.2) is 47.5 Å². The van der Waals surface area contributed by atoms with Crippen LogP contribution in [0.2, 0.25) is 0 Å². The minimum Gasteiger partial charge on any atom is -0.445 e. The van der Waals surface area contributed by atoms with Gasteiger partial charge in [0, 0.05) is 37.5 Å². The first kappa shape index (κ1) is 26.3. The summed E-state index contributed by atoms with van der Waals surface area (Å²) in [5.41, 5.74) is 0.417. The van der Waals surface area contributed by atoms with E-state index in [1.807, 2.05) is 43.9 Å². The average Bonchev–Trinajstić information content (AvgIpc) is 3.82. The lowest BCUT2D eigenvalue weighted by molar-refractivity contribution is 0.0198. The second-order valence-electron chi connectivity index (χ2n) is 11.8. The van der Waals surface area contributed by atoms with E-state index in [0.717, 1.165) is 32.1 Å². The zero-order chi connectivity index (χ0) is 26.9. The molecule has 1 aromatic carbocycles. The molecule has 9 nitrogen and oxygen atoms in total. The lowest BCUT2D eigenvalue weighted by atomic mass is 9.97. The summed E-state index contributed by atoms with van der Waals surface area (Å²) in [5.74, 6) is 1.69. The van der Waals surface area contributed by atoms with Crippen molar-refractivity contribution >= 4 is 12.2 Å². The standard InChI is InChI=1S/C29H38N4O5/c1-5-17-36-27(35)33(23-18-22(23)20-9-7-6-8-10-20)19-29(13-14-29)25-30-24(38-31-25)21-11-15-32(16-12-21)26(34)37-28(2,3)4/h5-10,21-23H,1,11-19H2,2-4H3/t22-,23+/m0/s1. The summed E-state index contributed by atoms with van der Waals surface area (Å²) < 4.78 is 16.7. The highest BCUT2D eigenvalue weighted by atomic mass is 16.6. The SMILES string of the molecule is C=CCOC(=O)N(CC1(c2noc(C3CCN(C(=O)OC(C)(C)C)CC3)n2)CC1)[C@@H]1C[C@H]1c1ccccc1. The summed E-state index contributed by atoms with van der Waals surface area (Å²) in [5, 5.41) is 4.37. The zero-order valence-corrected chi connectivity index (χ0v) is 22.6. The van der Waals surface area contributed by atoms with E-state index in [1.165, 1.54) is 5.56 Å². The molecule has 0 radical (unpaired) electrons. The average molecular weight is 523 g/mol. The largest absolute Gasteiger partial charge is 0.445 e. The molecule has 1 saturated heterocycles. The molecule has 1 aromatic heterocycles. The van der Waals surface area contributed by atoms with Gasteiger partial charge in [-0.25, -0.2) is 9.59 Å². The molecule has 0 spiro atoms. The fourth-order valence-corrected chi connectivity index (χ4v) is 5.30. The number of piperidine rings is 1. The van der Waals surface area contributed by atoms with Gasteiger partial charge in [0.05, 0.1) is 5.41 Å². The van der Waals surface area contributed by atoms with Crippen molar-refractivity contribution in [1.29, 1.82) is 0 Å². The molecule has 0 bridgehead atoms. The summed E-state index contributed by atoms with van der Waals surface area (Å²) in [6.45, 7) is 11.2. The van der Waals surface area contributed by atoms with Crippen LogP contribution in [0.4, 0.5) is 9.59 Å². The van der Waals surface area contributed by atoms with Crippen LogP contribution in [0.3, 0.4) is 0 Å². The normalized spacial score (nSPS) is 22.4. The molecular formula is C29H38N4O5. The number of benzene rings is 1. The van der Waals surface area contributed by atoms with Gasteiger partial charge >= 0.3 is 12.2 Å². The van der Waals surface area contributed by atoms with Crippen LogP contribution >= 0.6 is 0 Å². The molecule has 0 unspecified atom stereocenters. The van der Waals surface area contributed by atoms with E-state index in [2.05, 4.69) is 23.9 Å². The maximum atomic E-state index is 13.1. The van der Waals surface area contributed by atoms with Gasteiger partial charge in [-0.05, 0) is 58.4 Å². The van der Waals surface area contributed by atoms with E-state index in [9.17, 15) is 9.59 Å². The number of carbonyl (C=O) groups is 2. The molecule has 2 aliphatic carbocycles. The summed E-state index contributed by atoms with van der Waals surface area (Å²) in [6.07, 6.45) is 5.19. The van der Waals surface area contributed by atoms with E-state index < -0.39 is 5.60 Å². The number of hydrogen-bond acceptors (Lipinski definition) is 7. The summed E-state index contributed by atoms with van der Waals surface area (Å²) in [6, 6.07) is 10.4.